The van der Waals surface area contributed by atoms with Crippen LogP contribution in [0.25, 0.3) is 0 Å². The predicted octanol–water partition coefficient (Wildman–Crippen LogP) is 0.822. The largest absolute Gasteiger partial charge is 0.361 e. The van der Waals surface area contributed by atoms with E-state index < -0.39 is 14.3 Å². The second kappa shape index (κ2) is 4.97. The number of nitrogens with zero attached hydrogens (tertiary/aromatic N) is 3. The van der Waals surface area contributed by atoms with Gasteiger partial charge in [0.15, 0.2) is 5.82 Å². The van der Waals surface area contributed by atoms with Crippen molar-refractivity contribution in [3.05, 3.63) is 18.3 Å². The molecule has 0 aromatic carbocycles. The number of hydrogen-bond donors (Lipinski definition) is 0. The van der Waals surface area contributed by atoms with Crippen molar-refractivity contribution in [2.75, 3.05) is 30.4 Å². The van der Waals surface area contributed by atoms with Crippen LogP contribution in [0.3, 0.4) is 0 Å². The predicted molar refractivity (Wildman–Crippen MR) is 74.1 cm³/mol. The van der Waals surface area contributed by atoms with Crippen molar-refractivity contribution in [3.63, 3.8) is 0 Å². The zero-order valence-electron chi connectivity index (χ0n) is 10.6. The molecule has 1 aromatic heterocycles. The lowest BCUT2D eigenvalue weighted by Gasteiger charge is -2.22. The summed E-state index contributed by atoms with van der Waals surface area (Å²) in [6, 6.07) is 3.45. The number of halogens is 1. The van der Waals surface area contributed by atoms with Crippen molar-refractivity contribution < 1.29 is 13.2 Å². The minimum absolute atomic E-state index is 0.0667. The van der Waals surface area contributed by atoms with Crippen LogP contribution < -0.4 is 9.80 Å². The van der Waals surface area contributed by atoms with E-state index in [9.17, 15) is 13.2 Å². The minimum Gasteiger partial charge on any atom is -0.361 e. The second-order valence-electron chi connectivity index (χ2n) is 4.55. The summed E-state index contributed by atoms with van der Waals surface area (Å²) in [5, 5.41) is -0.864. The van der Waals surface area contributed by atoms with Gasteiger partial charge in [-0.15, -0.1) is 0 Å². The Labute approximate surface area is 116 Å². The molecule has 2 heterocycles. The third-order valence-corrected chi connectivity index (χ3v) is 4.84. The summed E-state index contributed by atoms with van der Waals surface area (Å²) >= 11 is 0. The van der Waals surface area contributed by atoms with Gasteiger partial charge in [0.05, 0.1) is 5.69 Å². The highest BCUT2D eigenvalue weighted by Crippen LogP contribution is 2.31. The van der Waals surface area contributed by atoms with Crippen LogP contribution in [0.5, 0.6) is 0 Å². The maximum absolute atomic E-state index is 12.0. The van der Waals surface area contributed by atoms with Crippen LogP contribution in [0.4, 0.5) is 11.5 Å². The summed E-state index contributed by atoms with van der Waals surface area (Å²) in [7, 11) is 5.21. The van der Waals surface area contributed by atoms with Crippen LogP contribution in [0.15, 0.2) is 18.3 Å². The molecule has 6 nitrogen and oxygen atoms in total. The molecule has 104 valence electrons. The number of pyridine rings is 1. The van der Waals surface area contributed by atoms with E-state index in [1.807, 2.05) is 14.1 Å². The summed E-state index contributed by atoms with van der Waals surface area (Å²) < 4.78 is 22.7. The van der Waals surface area contributed by atoms with Crippen LogP contribution in [0.1, 0.15) is 6.42 Å². The number of amides is 1. The van der Waals surface area contributed by atoms with Gasteiger partial charge < -0.3 is 9.80 Å². The van der Waals surface area contributed by atoms with Gasteiger partial charge in [0.2, 0.25) is 15.0 Å². The van der Waals surface area contributed by atoms with Gasteiger partial charge in [-0.25, -0.2) is 13.4 Å². The van der Waals surface area contributed by atoms with E-state index in [0.29, 0.717) is 11.5 Å². The molecule has 0 N–H and O–H groups in total. The SMILES string of the molecule is CN(C)c1ncccc1N1CC(S(=O)(=O)Cl)CC1=O. The average Bonchev–Trinajstić information content (AvgIpc) is 2.71. The Morgan fingerprint density at radius 1 is 1.47 bits per heavy atom. The molecule has 19 heavy (non-hydrogen) atoms. The van der Waals surface area contributed by atoms with E-state index in [0.717, 1.165) is 0 Å². The fraction of sp³-hybridized carbons (Fsp3) is 0.455. The van der Waals surface area contributed by atoms with Crippen LogP contribution in [-0.2, 0) is 13.8 Å². The molecule has 2 rings (SSSR count). The van der Waals surface area contributed by atoms with E-state index in [-0.39, 0.29) is 18.9 Å². The summed E-state index contributed by atoms with van der Waals surface area (Å²) in [5.41, 5.74) is 0.598. The molecular weight excluding hydrogens is 290 g/mol. The standard InChI is InChI=1S/C11H14ClN3O3S/c1-14(2)11-9(4-3-5-13-11)15-7-8(6-10(15)16)19(12,17)18/h3-5,8H,6-7H2,1-2H3. The smallest absolute Gasteiger partial charge is 0.237 e. The number of aromatic nitrogens is 1. The fourth-order valence-electron chi connectivity index (χ4n) is 2.04. The topological polar surface area (TPSA) is 70.6 Å². The zero-order valence-corrected chi connectivity index (χ0v) is 12.1. The van der Waals surface area contributed by atoms with Gasteiger partial charge in [0.25, 0.3) is 0 Å². The summed E-state index contributed by atoms with van der Waals surface area (Å²) in [4.78, 5) is 19.3. The molecule has 8 heteroatoms. The molecule has 0 spiro atoms. The van der Waals surface area contributed by atoms with Gasteiger partial charge in [-0.2, -0.15) is 0 Å². The molecule has 1 unspecified atom stereocenters. The van der Waals surface area contributed by atoms with E-state index in [1.165, 1.54) is 4.90 Å². The van der Waals surface area contributed by atoms with Crippen LogP contribution >= 0.6 is 10.7 Å². The molecule has 1 fully saturated rings. The van der Waals surface area contributed by atoms with Gasteiger partial charge in [0.1, 0.15) is 5.25 Å². The summed E-state index contributed by atoms with van der Waals surface area (Å²) in [6.45, 7) is 0.0667. The number of rotatable bonds is 3. The lowest BCUT2D eigenvalue weighted by molar-refractivity contribution is -0.117. The van der Waals surface area contributed by atoms with Crippen molar-refractivity contribution >= 4 is 37.1 Å². The molecule has 0 radical (unpaired) electrons. The maximum Gasteiger partial charge on any atom is 0.237 e. The average molecular weight is 304 g/mol. The lowest BCUT2D eigenvalue weighted by atomic mass is 10.3. The first kappa shape index (κ1) is 14.1. The minimum atomic E-state index is -3.73. The van der Waals surface area contributed by atoms with Gasteiger partial charge in [-0.05, 0) is 12.1 Å². The number of carbonyl (C=O) groups excluding carboxylic acids is 1. The van der Waals surface area contributed by atoms with Gasteiger partial charge in [-0.3, -0.25) is 4.79 Å². The Morgan fingerprint density at radius 3 is 2.68 bits per heavy atom. The van der Waals surface area contributed by atoms with Crippen molar-refractivity contribution in [2.24, 2.45) is 0 Å². The number of anilines is 2. The fourth-order valence-corrected chi connectivity index (χ4v) is 3.07. The van der Waals surface area contributed by atoms with Crippen molar-refractivity contribution in [2.45, 2.75) is 11.7 Å². The van der Waals surface area contributed by atoms with E-state index >= 15 is 0 Å². The maximum atomic E-state index is 12.0. The van der Waals surface area contributed by atoms with Crippen molar-refractivity contribution in [1.82, 2.24) is 4.98 Å². The van der Waals surface area contributed by atoms with Crippen molar-refractivity contribution in [1.29, 1.82) is 0 Å². The highest BCUT2D eigenvalue weighted by molar-refractivity contribution is 8.14. The summed E-state index contributed by atoms with van der Waals surface area (Å²) in [5.74, 6) is 0.355. The Morgan fingerprint density at radius 2 is 2.16 bits per heavy atom. The Bertz CT molecular complexity index is 603. The lowest BCUT2D eigenvalue weighted by Crippen LogP contribution is -2.28. The third-order valence-electron chi connectivity index (χ3n) is 2.97. The van der Waals surface area contributed by atoms with E-state index in [4.69, 9.17) is 10.7 Å². The number of carbonyl (C=O) groups is 1. The first-order chi connectivity index (χ1) is 8.80. The Kier molecular flexibility index (Phi) is 3.69. The molecule has 1 saturated heterocycles. The molecule has 1 atom stereocenters. The molecule has 0 aliphatic carbocycles. The summed E-state index contributed by atoms with van der Waals surface area (Å²) in [6.07, 6.45) is 1.53. The normalized spacial score (nSPS) is 19.8. The third kappa shape index (κ3) is 2.82. The monoisotopic (exact) mass is 303 g/mol. The van der Waals surface area contributed by atoms with Gasteiger partial charge in [0, 0.05) is 43.9 Å². The Balaban J connectivity index is 2.36. The molecular formula is C11H14ClN3O3S. The van der Waals surface area contributed by atoms with Crippen molar-refractivity contribution in [3.8, 4) is 0 Å². The molecule has 1 aliphatic rings. The molecule has 1 amide bonds. The highest BCUT2D eigenvalue weighted by Gasteiger charge is 2.39. The van der Waals surface area contributed by atoms with Gasteiger partial charge in [-0.1, -0.05) is 0 Å². The first-order valence-corrected chi connectivity index (χ1v) is 8.04. The molecule has 1 aromatic rings. The van der Waals surface area contributed by atoms with E-state index in [2.05, 4.69) is 4.98 Å². The van der Waals surface area contributed by atoms with Crippen LogP contribution in [0.2, 0.25) is 0 Å². The molecule has 0 bridgehead atoms. The highest BCUT2D eigenvalue weighted by atomic mass is 35.7. The molecule has 1 aliphatic heterocycles. The van der Waals surface area contributed by atoms with Gasteiger partial charge >= 0.3 is 0 Å². The quantitative estimate of drug-likeness (QED) is 0.773. The zero-order chi connectivity index (χ0) is 14.2. The van der Waals surface area contributed by atoms with E-state index in [1.54, 1.807) is 23.2 Å². The Hall–Kier alpha value is -1.34. The van der Waals surface area contributed by atoms with Crippen LogP contribution in [0, 0.1) is 0 Å². The first-order valence-electron chi connectivity index (χ1n) is 5.67. The second-order valence-corrected chi connectivity index (χ2v) is 7.45. The molecule has 0 saturated carbocycles. The number of hydrogen-bond acceptors (Lipinski definition) is 5. The van der Waals surface area contributed by atoms with Crippen LogP contribution in [-0.4, -0.2) is 45.2 Å².